The minimum absolute atomic E-state index is 0.104. The summed E-state index contributed by atoms with van der Waals surface area (Å²) < 4.78 is 14.0. The molecular weight excluding hydrogens is 569 g/mol. The lowest BCUT2D eigenvalue weighted by molar-refractivity contribution is 0.130. The zero-order valence-electron chi connectivity index (χ0n) is 24.4. The van der Waals surface area contributed by atoms with Crippen molar-refractivity contribution >= 4 is 41.2 Å². The second-order valence-corrected chi connectivity index (χ2v) is 12.8. The van der Waals surface area contributed by atoms with E-state index in [0.29, 0.717) is 12.2 Å². The Hall–Kier alpha value is -3.86. The van der Waals surface area contributed by atoms with Gasteiger partial charge in [-0.3, -0.25) is 10.0 Å². The molecule has 0 saturated heterocycles. The van der Waals surface area contributed by atoms with Crippen LogP contribution in [0.3, 0.4) is 0 Å². The monoisotopic (exact) mass is 604 g/mol. The van der Waals surface area contributed by atoms with Crippen molar-refractivity contribution in [2.45, 2.75) is 64.3 Å². The van der Waals surface area contributed by atoms with Crippen molar-refractivity contribution in [3.8, 4) is 21.0 Å². The van der Waals surface area contributed by atoms with Crippen LogP contribution in [0.5, 0.6) is 0 Å². The van der Waals surface area contributed by atoms with Crippen LogP contribution in [-0.2, 0) is 22.6 Å². The lowest BCUT2D eigenvalue weighted by Gasteiger charge is -2.21. The number of carbonyl (C=O) groups is 2. The molecule has 2 amide bonds. The van der Waals surface area contributed by atoms with Gasteiger partial charge >= 0.3 is 12.2 Å². The molecule has 0 saturated carbocycles. The zero-order valence-corrected chi connectivity index (χ0v) is 26.0. The largest absolute Gasteiger partial charge is 0.447 e. The molecule has 3 aromatic carbocycles. The van der Waals surface area contributed by atoms with Crippen LogP contribution >= 0.6 is 23.3 Å². The van der Waals surface area contributed by atoms with E-state index in [9.17, 15) is 9.59 Å². The van der Waals surface area contributed by atoms with Gasteiger partial charge in [0.15, 0.2) is 0 Å². The average molecular weight is 605 g/mol. The number of carbonyl (C=O) groups excluding carboxylic acids is 2. The number of hydrogen-bond acceptors (Lipinski definition) is 8. The SMILES string of the molecule is CC(C)OC(=O)Nc1ccc(-c2ncc(-c3ccc(CNC(=O)OCc4ccccc4)cc3SNC(C)(C)C)s2)cc1. The van der Waals surface area contributed by atoms with E-state index >= 15 is 0 Å². The summed E-state index contributed by atoms with van der Waals surface area (Å²) >= 11 is 3.14. The third-order valence-electron chi connectivity index (χ3n) is 5.65. The average Bonchev–Trinajstić information content (AvgIpc) is 3.44. The lowest BCUT2D eigenvalue weighted by atomic mass is 10.1. The maximum Gasteiger partial charge on any atom is 0.411 e. The van der Waals surface area contributed by atoms with Crippen LogP contribution in [0.15, 0.2) is 83.9 Å². The first-order chi connectivity index (χ1) is 20.1. The number of amides is 2. The molecule has 42 heavy (non-hydrogen) atoms. The number of rotatable bonds is 10. The fraction of sp³-hybridized carbons (Fsp3) is 0.281. The topological polar surface area (TPSA) is 102 Å². The molecule has 8 nitrogen and oxygen atoms in total. The van der Waals surface area contributed by atoms with E-state index in [1.807, 2.05) is 66.9 Å². The standard InChI is InChI=1S/C32H36N4O4S2/c1-21(2)40-31(38)35-25-14-12-24(13-15-25)29-33-19-28(41-29)26-16-11-23(17-27(26)42-36-32(3,4)5)18-34-30(37)39-20-22-9-7-6-8-10-22/h6-17,19,21,36H,18,20H2,1-5H3,(H,34,37)(H,35,38). The summed E-state index contributed by atoms with van der Waals surface area (Å²) in [6.45, 7) is 10.5. The highest BCUT2D eigenvalue weighted by atomic mass is 32.2. The number of ether oxygens (including phenoxy) is 2. The van der Waals surface area contributed by atoms with E-state index in [2.05, 4.69) is 53.2 Å². The second kappa shape index (κ2) is 14.4. The molecule has 4 rings (SSSR count). The number of hydrogen-bond donors (Lipinski definition) is 3. The van der Waals surface area contributed by atoms with Crippen LogP contribution in [0.2, 0.25) is 0 Å². The Bertz CT molecular complexity index is 1480. The number of alkyl carbamates (subject to hydrolysis) is 1. The van der Waals surface area contributed by atoms with Gasteiger partial charge in [-0.2, -0.15) is 0 Å². The van der Waals surface area contributed by atoms with Crippen molar-refractivity contribution in [3.63, 3.8) is 0 Å². The molecule has 0 aliphatic heterocycles. The van der Waals surface area contributed by atoms with Crippen molar-refractivity contribution in [1.82, 2.24) is 15.0 Å². The highest BCUT2D eigenvalue weighted by Crippen LogP contribution is 2.38. The molecule has 0 aliphatic carbocycles. The Morgan fingerprint density at radius 1 is 0.952 bits per heavy atom. The second-order valence-electron chi connectivity index (χ2n) is 10.9. The van der Waals surface area contributed by atoms with Crippen molar-refractivity contribution in [2.75, 3.05) is 5.32 Å². The van der Waals surface area contributed by atoms with E-state index in [1.54, 1.807) is 37.1 Å². The first kappa shape index (κ1) is 31.1. The van der Waals surface area contributed by atoms with E-state index in [0.717, 1.165) is 37.0 Å². The highest BCUT2D eigenvalue weighted by molar-refractivity contribution is 7.97. The quantitative estimate of drug-likeness (QED) is 0.157. The molecule has 3 N–H and O–H groups in total. The van der Waals surface area contributed by atoms with Gasteiger partial charge in [-0.1, -0.05) is 42.5 Å². The summed E-state index contributed by atoms with van der Waals surface area (Å²) in [5.74, 6) is 0. The van der Waals surface area contributed by atoms with Crippen molar-refractivity contribution < 1.29 is 19.1 Å². The molecule has 0 bridgehead atoms. The Morgan fingerprint density at radius 2 is 1.69 bits per heavy atom. The Balaban J connectivity index is 1.45. The van der Waals surface area contributed by atoms with Crippen LogP contribution in [0.25, 0.3) is 21.0 Å². The predicted octanol–water partition coefficient (Wildman–Crippen LogP) is 8.26. The van der Waals surface area contributed by atoms with Crippen LogP contribution < -0.4 is 15.4 Å². The number of thiazole rings is 1. The van der Waals surface area contributed by atoms with Crippen LogP contribution in [-0.4, -0.2) is 28.8 Å². The molecule has 0 atom stereocenters. The number of benzene rings is 3. The van der Waals surface area contributed by atoms with Gasteiger partial charge in [-0.15, -0.1) is 11.3 Å². The van der Waals surface area contributed by atoms with Gasteiger partial charge in [0.2, 0.25) is 0 Å². The van der Waals surface area contributed by atoms with E-state index < -0.39 is 12.2 Å². The Morgan fingerprint density at radius 3 is 2.38 bits per heavy atom. The number of nitrogens with one attached hydrogen (secondary N) is 3. The fourth-order valence-corrected chi connectivity index (χ4v) is 5.65. The predicted molar refractivity (Wildman–Crippen MR) is 170 cm³/mol. The molecule has 0 radical (unpaired) electrons. The zero-order chi connectivity index (χ0) is 30.1. The van der Waals surface area contributed by atoms with E-state index in [1.165, 1.54) is 0 Å². The van der Waals surface area contributed by atoms with Gasteiger partial charge in [0.1, 0.15) is 11.6 Å². The van der Waals surface area contributed by atoms with Crippen molar-refractivity contribution in [2.24, 2.45) is 0 Å². The summed E-state index contributed by atoms with van der Waals surface area (Å²) in [5.41, 5.74) is 4.44. The molecule has 0 unspecified atom stereocenters. The molecule has 10 heteroatoms. The normalized spacial score (nSPS) is 11.3. The number of anilines is 1. The third-order valence-corrected chi connectivity index (χ3v) is 8.01. The molecule has 0 fully saturated rings. The first-order valence-corrected chi connectivity index (χ1v) is 15.2. The van der Waals surface area contributed by atoms with Crippen molar-refractivity contribution in [1.29, 1.82) is 0 Å². The summed E-state index contributed by atoms with van der Waals surface area (Å²) in [6.07, 6.45) is 0.744. The summed E-state index contributed by atoms with van der Waals surface area (Å²) in [6, 6.07) is 23.2. The molecular formula is C32H36N4O4S2. The molecule has 0 aliphatic rings. The Labute approximate surface area is 255 Å². The summed E-state index contributed by atoms with van der Waals surface area (Å²) in [7, 11) is 0. The highest BCUT2D eigenvalue weighted by Gasteiger charge is 2.16. The minimum atomic E-state index is -0.481. The minimum Gasteiger partial charge on any atom is -0.447 e. The summed E-state index contributed by atoms with van der Waals surface area (Å²) in [4.78, 5) is 30.9. The summed E-state index contributed by atoms with van der Waals surface area (Å²) in [5, 5.41) is 6.44. The van der Waals surface area contributed by atoms with Gasteiger partial charge < -0.3 is 14.8 Å². The van der Waals surface area contributed by atoms with E-state index in [4.69, 9.17) is 9.47 Å². The van der Waals surface area contributed by atoms with E-state index in [-0.39, 0.29) is 18.2 Å². The lowest BCUT2D eigenvalue weighted by Crippen LogP contribution is -2.29. The van der Waals surface area contributed by atoms with Gasteiger partial charge in [-0.05, 0) is 88.0 Å². The third kappa shape index (κ3) is 9.61. The smallest absolute Gasteiger partial charge is 0.411 e. The fourth-order valence-electron chi connectivity index (χ4n) is 3.71. The van der Waals surface area contributed by atoms with Gasteiger partial charge in [-0.25, -0.2) is 14.6 Å². The van der Waals surface area contributed by atoms with Gasteiger partial charge in [0.05, 0.1) is 11.0 Å². The van der Waals surface area contributed by atoms with Crippen molar-refractivity contribution in [3.05, 3.63) is 90.1 Å². The molecule has 220 valence electrons. The maximum atomic E-state index is 12.3. The number of nitrogens with zero attached hydrogens (tertiary/aromatic N) is 1. The van der Waals surface area contributed by atoms with Gasteiger partial charge in [0, 0.05) is 40.0 Å². The molecule has 4 aromatic rings. The van der Waals surface area contributed by atoms with Gasteiger partial charge in [0.25, 0.3) is 0 Å². The van der Waals surface area contributed by atoms with Crippen LogP contribution in [0, 0.1) is 0 Å². The Kier molecular flexibility index (Phi) is 10.6. The van der Waals surface area contributed by atoms with Crippen LogP contribution in [0.4, 0.5) is 15.3 Å². The maximum absolute atomic E-state index is 12.3. The molecule has 1 heterocycles. The number of aromatic nitrogens is 1. The molecule has 0 spiro atoms. The first-order valence-electron chi connectivity index (χ1n) is 13.6. The molecule has 1 aromatic heterocycles. The van der Waals surface area contributed by atoms with Crippen LogP contribution in [0.1, 0.15) is 45.7 Å².